The zero-order chi connectivity index (χ0) is 16.2. The van der Waals surface area contributed by atoms with E-state index >= 15 is 0 Å². The van der Waals surface area contributed by atoms with Gasteiger partial charge >= 0.3 is 0 Å². The Hall–Kier alpha value is -2.95. The molecule has 0 radical (unpaired) electrons. The number of nitrogens with one attached hydrogen (secondary N) is 1. The van der Waals surface area contributed by atoms with Crippen LogP contribution in [0, 0.1) is 6.92 Å². The Morgan fingerprint density at radius 1 is 1.13 bits per heavy atom. The highest BCUT2D eigenvalue weighted by Crippen LogP contribution is 2.18. The molecule has 3 aromatic rings. The summed E-state index contributed by atoms with van der Waals surface area (Å²) in [6.07, 6.45) is 0. The second-order valence-electron chi connectivity index (χ2n) is 5.39. The Labute approximate surface area is 134 Å². The first-order valence-corrected chi connectivity index (χ1v) is 7.40. The van der Waals surface area contributed by atoms with Crippen molar-refractivity contribution in [3.8, 4) is 11.4 Å². The van der Waals surface area contributed by atoms with Gasteiger partial charge in [0.1, 0.15) is 6.04 Å². The Balaban J connectivity index is 1.73. The van der Waals surface area contributed by atoms with E-state index in [-0.39, 0.29) is 11.9 Å². The van der Waals surface area contributed by atoms with Gasteiger partial charge in [0.15, 0.2) is 0 Å². The van der Waals surface area contributed by atoms with Crippen LogP contribution < -0.4 is 5.32 Å². The van der Waals surface area contributed by atoms with E-state index in [0.717, 1.165) is 11.1 Å². The fourth-order valence-electron chi connectivity index (χ4n) is 2.24. The fraction of sp³-hybridized carbons (Fsp3) is 0.167. The van der Waals surface area contributed by atoms with Crippen molar-refractivity contribution in [2.75, 3.05) is 0 Å². The second-order valence-corrected chi connectivity index (χ2v) is 5.39. The molecule has 1 amide bonds. The van der Waals surface area contributed by atoms with E-state index in [9.17, 15) is 4.79 Å². The van der Waals surface area contributed by atoms with E-state index in [1.54, 1.807) is 6.07 Å². The monoisotopic (exact) mass is 307 g/mol. The number of benzene rings is 2. The smallest absolute Gasteiger partial charge is 0.251 e. The van der Waals surface area contributed by atoms with Gasteiger partial charge in [-0.1, -0.05) is 53.2 Å². The molecule has 3 rings (SSSR count). The van der Waals surface area contributed by atoms with E-state index in [4.69, 9.17) is 4.52 Å². The molecule has 0 bridgehead atoms. The van der Waals surface area contributed by atoms with Gasteiger partial charge in [0.25, 0.3) is 5.91 Å². The first kappa shape index (κ1) is 15.0. The molecular formula is C18H17N3O2. The van der Waals surface area contributed by atoms with Gasteiger partial charge in [-0.25, -0.2) is 0 Å². The Bertz CT molecular complexity index is 812. The van der Waals surface area contributed by atoms with Crippen molar-refractivity contribution in [1.82, 2.24) is 15.5 Å². The molecule has 1 N–H and O–H groups in total. The van der Waals surface area contributed by atoms with Crippen molar-refractivity contribution < 1.29 is 9.32 Å². The number of carbonyl (C=O) groups excluding carboxylic acids is 1. The van der Waals surface area contributed by atoms with Gasteiger partial charge in [-0.05, 0) is 26.0 Å². The summed E-state index contributed by atoms with van der Waals surface area (Å²) >= 11 is 0. The highest BCUT2D eigenvalue weighted by atomic mass is 16.5. The summed E-state index contributed by atoms with van der Waals surface area (Å²) in [4.78, 5) is 16.6. The maximum absolute atomic E-state index is 12.3. The Morgan fingerprint density at radius 2 is 1.91 bits per heavy atom. The normalized spacial score (nSPS) is 11.9. The first-order valence-electron chi connectivity index (χ1n) is 7.40. The number of rotatable bonds is 4. The van der Waals surface area contributed by atoms with Crippen molar-refractivity contribution in [1.29, 1.82) is 0 Å². The van der Waals surface area contributed by atoms with Crippen LogP contribution in [0.25, 0.3) is 11.4 Å². The number of amides is 1. The van der Waals surface area contributed by atoms with E-state index < -0.39 is 0 Å². The van der Waals surface area contributed by atoms with Crippen LogP contribution in [-0.2, 0) is 0 Å². The van der Waals surface area contributed by atoms with E-state index in [2.05, 4.69) is 15.5 Å². The van der Waals surface area contributed by atoms with Crippen LogP contribution in [0.1, 0.15) is 34.8 Å². The second kappa shape index (κ2) is 6.44. The van der Waals surface area contributed by atoms with Gasteiger partial charge in [-0.2, -0.15) is 4.98 Å². The van der Waals surface area contributed by atoms with Gasteiger partial charge in [-0.15, -0.1) is 0 Å². The van der Waals surface area contributed by atoms with Gasteiger partial charge < -0.3 is 9.84 Å². The molecule has 0 aliphatic carbocycles. The topological polar surface area (TPSA) is 68.0 Å². The number of hydrogen-bond donors (Lipinski definition) is 1. The van der Waals surface area contributed by atoms with Gasteiger partial charge in [0.2, 0.25) is 11.7 Å². The summed E-state index contributed by atoms with van der Waals surface area (Å²) in [5.74, 6) is 0.725. The van der Waals surface area contributed by atoms with E-state index in [0.29, 0.717) is 17.3 Å². The molecule has 0 fully saturated rings. The van der Waals surface area contributed by atoms with Crippen LogP contribution in [0.5, 0.6) is 0 Å². The lowest BCUT2D eigenvalue weighted by atomic mass is 10.1. The number of hydrogen-bond acceptors (Lipinski definition) is 4. The molecule has 2 aromatic carbocycles. The number of nitrogens with zero attached hydrogens (tertiary/aromatic N) is 2. The fourth-order valence-corrected chi connectivity index (χ4v) is 2.24. The molecule has 5 nitrogen and oxygen atoms in total. The van der Waals surface area contributed by atoms with Crippen LogP contribution in [0.4, 0.5) is 0 Å². The summed E-state index contributed by atoms with van der Waals surface area (Å²) in [5.41, 5.74) is 2.52. The first-order chi connectivity index (χ1) is 11.1. The zero-order valence-corrected chi connectivity index (χ0v) is 13.0. The summed E-state index contributed by atoms with van der Waals surface area (Å²) < 4.78 is 5.27. The lowest BCUT2D eigenvalue weighted by Gasteiger charge is -2.09. The lowest BCUT2D eigenvalue weighted by Crippen LogP contribution is -2.26. The average molecular weight is 307 g/mol. The van der Waals surface area contributed by atoms with E-state index in [1.807, 2.05) is 62.4 Å². The highest BCUT2D eigenvalue weighted by molar-refractivity contribution is 5.94. The predicted octanol–water partition coefficient (Wildman–Crippen LogP) is 3.54. The van der Waals surface area contributed by atoms with Gasteiger partial charge in [0, 0.05) is 11.1 Å². The van der Waals surface area contributed by atoms with Crippen LogP contribution in [0.15, 0.2) is 59.1 Å². The summed E-state index contributed by atoms with van der Waals surface area (Å²) in [6.45, 7) is 3.76. The minimum Gasteiger partial charge on any atom is -0.341 e. The van der Waals surface area contributed by atoms with E-state index in [1.165, 1.54) is 0 Å². The molecule has 0 saturated carbocycles. The van der Waals surface area contributed by atoms with Crippen molar-refractivity contribution >= 4 is 5.91 Å². The molecule has 5 heteroatoms. The van der Waals surface area contributed by atoms with Crippen molar-refractivity contribution in [3.63, 3.8) is 0 Å². The molecule has 23 heavy (non-hydrogen) atoms. The molecule has 0 unspecified atom stereocenters. The predicted molar refractivity (Wildman–Crippen MR) is 86.8 cm³/mol. The van der Waals surface area contributed by atoms with Crippen LogP contribution >= 0.6 is 0 Å². The third-order valence-corrected chi connectivity index (χ3v) is 3.47. The number of aromatic nitrogens is 2. The molecule has 0 saturated heterocycles. The van der Waals surface area contributed by atoms with Crippen molar-refractivity contribution in [2.24, 2.45) is 0 Å². The molecular weight excluding hydrogens is 290 g/mol. The molecule has 116 valence electrons. The third kappa shape index (κ3) is 3.45. The summed E-state index contributed by atoms with van der Waals surface area (Å²) in [6, 6.07) is 16.6. The zero-order valence-electron chi connectivity index (χ0n) is 13.0. The molecule has 1 atom stereocenters. The molecule has 0 aliphatic heterocycles. The summed E-state index contributed by atoms with van der Waals surface area (Å²) in [7, 11) is 0. The maximum atomic E-state index is 12.3. The molecule has 1 heterocycles. The maximum Gasteiger partial charge on any atom is 0.251 e. The molecule has 1 aromatic heterocycles. The lowest BCUT2D eigenvalue weighted by molar-refractivity contribution is 0.0932. The number of aryl methyl sites for hydroxylation is 1. The third-order valence-electron chi connectivity index (χ3n) is 3.47. The van der Waals surface area contributed by atoms with Crippen LogP contribution in [-0.4, -0.2) is 16.0 Å². The number of carbonyl (C=O) groups is 1. The Kier molecular flexibility index (Phi) is 4.19. The SMILES string of the molecule is Cc1cccc(C(=O)N[C@@H](C)c2nc(-c3ccccc3)no2)c1. The minimum absolute atomic E-state index is 0.166. The highest BCUT2D eigenvalue weighted by Gasteiger charge is 2.18. The Morgan fingerprint density at radius 3 is 2.65 bits per heavy atom. The van der Waals surface area contributed by atoms with Crippen LogP contribution in [0.3, 0.4) is 0 Å². The van der Waals surface area contributed by atoms with Crippen molar-refractivity contribution in [2.45, 2.75) is 19.9 Å². The van der Waals surface area contributed by atoms with Crippen molar-refractivity contribution in [3.05, 3.63) is 71.6 Å². The van der Waals surface area contributed by atoms with Gasteiger partial charge in [-0.3, -0.25) is 4.79 Å². The summed E-state index contributed by atoms with van der Waals surface area (Å²) in [5, 5.41) is 6.83. The van der Waals surface area contributed by atoms with Gasteiger partial charge in [0.05, 0.1) is 0 Å². The van der Waals surface area contributed by atoms with Crippen LogP contribution in [0.2, 0.25) is 0 Å². The largest absolute Gasteiger partial charge is 0.341 e. The minimum atomic E-state index is -0.368. The molecule has 0 spiro atoms. The quantitative estimate of drug-likeness (QED) is 0.800. The standard InChI is InChI=1S/C18H17N3O2/c1-12-7-6-10-15(11-12)17(22)19-13(2)18-20-16(21-23-18)14-8-4-3-5-9-14/h3-11,13H,1-2H3,(H,19,22)/t13-/m0/s1. The molecule has 0 aliphatic rings. The average Bonchev–Trinajstić information content (AvgIpc) is 3.06.